The maximum absolute atomic E-state index is 14.1. The molecule has 0 fully saturated rings. The predicted molar refractivity (Wildman–Crippen MR) is 207 cm³/mol. The molecular weight excluding hydrogens is 787 g/mol. The van der Waals surface area contributed by atoms with Gasteiger partial charge in [-0.2, -0.15) is 0 Å². The van der Waals surface area contributed by atoms with Crippen LogP contribution in [0.4, 0.5) is 9.59 Å². The summed E-state index contributed by atoms with van der Waals surface area (Å²) in [5.74, 6) is -1.18. The fraction of sp³-hybridized carbons (Fsp3) is 0.475. The zero-order valence-corrected chi connectivity index (χ0v) is 40.1. The van der Waals surface area contributed by atoms with Gasteiger partial charge < -0.3 is 49.8 Å². The molecule has 1 aromatic heterocycles. The van der Waals surface area contributed by atoms with E-state index >= 15 is 0 Å². The van der Waals surface area contributed by atoms with Gasteiger partial charge in [-0.3, -0.25) is 14.6 Å². The molecule has 0 aliphatic carbocycles. The number of amides is 4. The minimum absolute atomic E-state index is 0. The van der Waals surface area contributed by atoms with Gasteiger partial charge in [0.1, 0.15) is 12.1 Å². The third-order valence-electron chi connectivity index (χ3n) is 8.93. The molecule has 3 aromatic rings. The van der Waals surface area contributed by atoms with E-state index in [9.17, 15) is 33.5 Å². The maximum Gasteiger partial charge on any atom is 1.00 e. The van der Waals surface area contributed by atoms with Gasteiger partial charge in [0.05, 0.1) is 38.4 Å². The van der Waals surface area contributed by atoms with Gasteiger partial charge in [-0.05, 0) is 60.9 Å². The van der Waals surface area contributed by atoms with Gasteiger partial charge in [-0.15, -0.1) is 0 Å². The zero-order valence-electron chi connectivity index (χ0n) is 35.2. The molecule has 3 rings (SSSR count). The number of carbonyl (C=O) groups excluding carboxylic acids is 4. The van der Waals surface area contributed by atoms with E-state index in [1.807, 2.05) is 60.7 Å². The maximum atomic E-state index is 14.1. The number of aromatic nitrogens is 1. The summed E-state index contributed by atoms with van der Waals surface area (Å²) in [6.45, 7) is 10.5. The Kier molecular flexibility index (Phi) is 22.4. The molecule has 1 heterocycles. The molecule has 4 amide bonds. The topological polar surface area (TPSA) is 220 Å². The number of nitrogens with one attached hydrogen (secondary N) is 4. The first kappa shape index (κ1) is 53.2. The first-order valence-electron chi connectivity index (χ1n) is 18.2. The Morgan fingerprint density at radius 3 is 1.66 bits per heavy atom. The van der Waals surface area contributed by atoms with Crippen LogP contribution in [0.3, 0.4) is 0 Å². The molecule has 58 heavy (non-hydrogen) atoms. The van der Waals surface area contributed by atoms with Crippen molar-refractivity contribution in [1.82, 2.24) is 26.3 Å². The smallest absolute Gasteiger partial charge is 0.809 e. The molecular formula is C40H54N5Na2O10P. The first-order chi connectivity index (χ1) is 26.2. The molecule has 306 valence electrons. The van der Waals surface area contributed by atoms with Crippen LogP contribution in [0, 0.1) is 10.8 Å². The van der Waals surface area contributed by atoms with Crippen LogP contribution < -0.4 is 90.2 Å². The summed E-state index contributed by atoms with van der Waals surface area (Å²) in [4.78, 5) is 81.2. The predicted octanol–water partition coefficient (Wildman–Crippen LogP) is -2.30. The minimum Gasteiger partial charge on any atom is -0.809 e. The quantitative estimate of drug-likeness (QED) is 0.0837. The molecule has 0 saturated heterocycles. The normalized spacial score (nSPS) is 14.1. The molecule has 0 unspecified atom stereocenters. The fourth-order valence-corrected chi connectivity index (χ4v) is 6.41. The Morgan fingerprint density at radius 2 is 1.19 bits per heavy atom. The number of hydrogen-bond donors (Lipinski definition) is 4. The van der Waals surface area contributed by atoms with E-state index in [4.69, 9.17) is 14.2 Å². The van der Waals surface area contributed by atoms with Gasteiger partial charge in [0.25, 0.3) is 0 Å². The van der Waals surface area contributed by atoms with Crippen LogP contribution in [0.1, 0.15) is 59.1 Å². The van der Waals surface area contributed by atoms with Crippen LogP contribution in [0.2, 0.25) is 0 Å². The molecule has 0 saturated carbocycles. The van der Waals surface area contributed by atoms with Crippen LogP contribution in [0.15, 0.2) is 79.0 Å². The van der Waals surface area contributed by atoms with Crippen LogP contribution >= 0.6 is 7.60 Å². The number of pyridine rings is 1. The second-order valence-corrected chi connectivity index (χ2v) is 17.2. The zero-order chi connectivity index (χ0) is 41.7. The summed E-state index contributed by atoms with van der Waals surface area (Å²) in [5.41, 5.74) is 1.55. The van der Waals surface area contributed by atoms with Gasteiger partial charge in [0.15, 0.2) is 0 Å². The van der Waals surface area contributed by atoms with Crippen molar-refractivity contribution in [3.05, 3.63) is 90.1 Å². The number of ether oxygens (including phenoxy) is 3. The standard InChI is InChI=1S/C40H56N5O10P.2Na/c1-39(2,3)33(44-37(48)53-7)35(46)42-29(22-27-17-19-28(20-18-27)30-16-12-13-21-41-30)24-32(55-25-56(50,51)52)31(23-26-14-10-9-11-15-26)43-36(47)34(40(4,5)6)45-38(49)54-8;;/h9-21,29,31-34H,22-25H2,1-8H3,(H,42,46)(H,43,47)(H,44,48)(H,45,49)(H2,50,51,52);;/q;2*+1/p-2/t29-,31-,32-,33+,34+;;/m0../s1. The first-order valence-corrected chi connectivity index (χ1v) is 19.9. The Bertz CT molecular complexity index is 1790. The number of methoxy groups -OCH3 is 2. The van der Waals surface area contributed by atoms with Crippen molar-refractivity contribution in [2.75, 3.05) is 20.6 Å². The average molecular weight is 842 g/mol. The van der Waals surface area contributed by atoms with Crippen molar-refractivity contribution < 1.29 is 107 Å². The van der Waals surface area contributed by atoms with Gasteiger partial charge in [-0.25, -0.2) is 9.59 Å². The van der Waals surface area contributed by atoms with Crippen LogP contribution in [0.25, 0.3) is 11.3 Å². The molecule has 2 aromatic carbocycles. The fourth-order valence-electron chi connectivity index (χ4n) is 6.04. The molecule has 18 heteroatoms. The van der Waals surface area contributed by atoms with E-state index in [1.165, 1.54) is 14.2 Å². The summed E-state index contributed by atoms with van der Waals surface area (Å²) >= 11 is 0. The van der Waals surface area contributed by atoms with E-state index in [0.717, 1.165) is 22.4 Å². The second-order valence-electron chi connectivity index (χ2n) is 15.7. The summed E-state index contributed by atoms with van der Waals surface area (Å²) in [6, 6.07) is 18.1. The number of benzene rings is 2. The van der Waals surface area contributed by atoms with E-state index in [0.29, 0.717) is 0 Å². The van der Waals surface area contributed by atoms with Crippen molar-refractivity contribution in [3.8, 4) is 11.3 Å². The van der Waals surface area contributed by atoms with Crippen LogP contribution in [-0.4, -0.2) is 79.8 Å². The molecule has 0 bridgehead atoms. The van der Waals surface area contributed by atoms with E-state index in [-0.39, 0.29) is 78.4 Å². The third-order valence-corrected chi connectivity index (χ3v) is 9.40. The third kappa shape index (κ3) is 18.2. The van der Waals surface area contributed by atoms with Gasteiger partial charge in [-0.1, -0.05) is 102 Å². The monoisotopic (exact) mass is 841 g/mol. The van der Waals surface area contributed by atoms with E-state index in [1.54, 1.807) is 59.9 Å². The van der Waals surface area contributed by atoms with Crippen LogP contribution in [0.5, 0.6) is 0 Å². The molecule has 0 aliphatic rings. The number of nitrogens with zero attached hydrogens (tertiary/aromatic N) is 1. The summed E-state index contributed by atoms with van der Waals surface area (Å²) in [5, 5.41) is 11.1. The number of alkyl carbamates (subject to hydrolysis) is 2. The SMILES string of the molecule is COC(=O)N[C@H](C(=O)N[C@@H](Cc1ccc(-c2ccccn2)cc1)C[C@H](OCP(=O)([O-])[O-])[C@H](Cc1ccccc1)NC(=O)[C@@H](NC(=O)OC)C(C)(C)C)C(C)(C)C.[Na+].[Na+]. The van der Waals surface area contributed by atoms with E-state index in [2.05, 4.69) is 26.3 Å². The Morgan fingerprint density at radius 1 is 0.690 bits per heavy atom. The molecule has 4 N–H and O–H groups in total. The van der Waals surface area contributed by atoms with Gasteiger partial charge in [0, 0.05) is 17.8 Å². The summed E-state index contributed by atoms with van der Waals surface area (Å²) in [7, 11) is -2.88. The van der Waals surface area contributed by atoms with Gasteiger partial charge >= 0.3 is 71.3 Å². The summed E-state index contributed by atoms with van der Waals surface area (Å²) in [6.07, 6.45) is -2.15. The molecule has 0 spiro atoms. The van der Waals surface area contributed by atoms with E-state index < -0.39 is 79.0 Å². The van der Waals surface area contributed by atoms with Crippen molar-refractivity contribution in [3.63, 3.8) is 0 Å². The van der Waals surface area contributed by atoms with Crippen molar-refractivity contribution in [2.24, 2.45) is 10.8 Å². The van der Waals surface area contributed by atoms with Crippen molar-refractivity contribution in [2.45, 2.75) is 91.1 Å². The second kappa shape index (κ2) is 24.4. The van der Waals surface area contributed by atoms with Crippen molar-refractivity contribution >= 4 is 31.6 Å². The Hall–Kier alpha value is -2.82. The average Bonchev–Trinajstić information content (AvgIpc) is 3.13. The summed E-state index contributed by atoms with van der Waals surface area (Å²) < 4.78 is 27.5. The Labute approximate surface area is 385 Å². The number of carbonyl (C=O) groups is 4. The molecule has 0 radical (unpaired) electrons. The Balaban J connectivity index is 0.00000841. The molecule has 5 atom stereocenters. The minimum atomic E-state index is -5.24. The van der Waals surface area contributed by atoms with Gasteiger partial charge in [0.2, 0.25) is 11.8 Å². The molecule has 15 nitrogen and oxygen atoms in total. The largest absolute Gasteiger partial charge is 1.00 e. The number of rotatable bonds is 17. The number of hydrogen-bond acceptors (Lipinski definition) is 11. The van der Waals surface area contributed by atoms with Crippen molar-refractivity contribution in [1.29, 1.82) is 0 Å². The van der Waals surface area contributed by atoms with Crippen LogP contribution in [-0.2, 0) is 41.2 Å². The molecule has 0 aliphatic heterocycles.